The number of hydrogen-bond acceptors (Lipinski definition) is 4. The lowest BCUT2D eigenvalue weighted by atomic mass is 9.95. The molecule has 2 heterocycles. The van der Waals surface area contributed by atoms with Gasteiger partial charge in [-0.1, -0.05) is 13.8 Å². The molecule has 0 unspecified atom stereocenters. The average molecular weight is 260 g/mol. The lowest BCUT2D eigenvalue weighted by molar-refractivity contribution is 0.1000. The first-order chi connectivity index (χ1) is 8.87. The van der Waals surface area contributed by atoms with Crippen LogP contribution in [0.15, 0.2) is 12.1 Å². The number of rotatable bonds is 1. The molecule has 0 spiro atoms. The van der Waals surface area contributed by atoms with E-state index in [0.29, 0.717) is 29.4 Å². The first-order valence-corrected chi connectivity index (χ1v) is 6.10. The van der Waals surface area contributed by atoms with Crippen molar-refractivity contribution in [2.45, 2.75) is 20.4 Å². The third kappa shape index (κ3) is 1.80. The highest BCUT2D eigenvalue weighted by Crippen LogP contribution is 2.36. The van der Waals surface area contributed by atoms with E-state index in [0.717, 1.165) is 12.1 Å². The lowest BCUT2D eigenvalue weighted by Crippen LogP contribution is -2.25. The number of carbonyl (C=O) groups is 1. The molecule has 3 rings (SSSR count). The van der Waals surface area contributed by atoms with E-state index in [1.165, 1.54) is 0 Å². The van der Waals surface area contributed by atoms with Crippen LogP contribution in [0.25, 0.3) is 11.0 Å². The molecule has 1 amide bonds. The average Bonchev–Trinajstić information content (AvgIpc) is 2.53. The minimum Gasteiger partial charge on any atom is -0.491 e. The lowest BCUT2D eigenvalue weighted by Gasteiger charge is -2.22. The second-order valence-corrected chi connectivity index (χ2v) is 5.72. The fraction of sp³-hybridized carbons (Fsp3) is 0.385. The topological polar surface area (TPSA) is 96.2 Å². The quantitative estimate of drug-likeness (QED) is 0.803. The van der Waals surface area contributed by atoms with Gasteiger partial charge < -0.3 is 20.8 Å². The number of benzene rings is 1. The van der Waals surface area contributed by atoms with Gasteiger partial charge in [0.05, 0.1) is 12.1 Å². The molecule has 0 atom stereocenters. The van der Waals surface area contributed by atoms with Gasteiger partial charge in [0.2, 0.25) is 11.9 Å². The summed E-state index contributed by atoms with van der Waals surface area (Å²) in [7, 11) is 0. The van der Waals surface area contributed by atoms with Crippen LogP contribution in [0.1, 0.15) is 24.2 Å². The van der Waals surface area contributed by atoms with Crippen LogP contribution in [-0.2, 0) is 6.54 Å². The predicted molar refractivity (Wildman–Crippen MR) is 71.9 cm³/mol. The van der Waals surface area contributed by atoms with Crippen LogP contribution in [0.5, 0.6) is 5.75 Å². The summed E-state index contributed by atoms with van der Waals surface area (Å²) in [5.74, 6) is 0.538. The van der Waals surface area contributed by atoms with E-state index in [2.05, 4.69) is 18.8 Å². The Labute approximate surface area is 110 Å². The van der Waals surface area contributed by atoms with Gasteiger partial charge in [-0.2, -0.15) is 0 Å². The van der Waals surface area contributed by atoms with E-state index < -0.39 is 5.91 Å². The summed E-state index contributed by atoms with van der Waals surface area (Å²) in [6.07, 6.45) is 0. The summed E-state index contributed by atoms with van der Waals surface area (Å²) in [5.41, 5.74) is 13.1. The van der Waals surface area contributed by atoms with E-state index in [4.69, 9.17) is 16.2 Å². The number of nitrogens with two attached hydrogens (primary N) is 2. The summed E-state index contributed by atoms with van der Waals surface area (Å²) < 4.78 is 7.75. The number of amides is 1. The van der Waals surface area contributed by atoms with Crippen molar-refractivity contribution >= 4 is 22.9 Å². The number of carbonyl (C=O) groups excluding carboxylic acids is 1. The Kier molecular flexibility index (Phi) is 2.26. The van der Waals surface area contributed by atoms with Crippen molar-refractivity contribution in [3.63, 3.8) is 0 Å². The molecule has 100 valence electrons. The summed E-state index contributed by atoms with van der Waals surface area (Å²) in [5, 5.41) is 0. The number of imidazole rings is 1. The third-order valence-electron chi connectivity index (χ3n) is 3.33. The zero-order valence-electron chi connectivity index (χ0n) is 10.9. The van der Waals surface area contributed by atoms with Gasteiger partial charge in [0.25, 0.3) is 0 Å². The highest BCUT2D eigenvalue weighted by molar-refractivity contribution is 5.98. The molecule has 1 aliphatic rings. The van der Waals surface area contributed by atoms with Crippen LogP contribution in [-0.4, -0.2) is 22.1 Å². The predicted octanol–water partition coefficient (Wildman–Crippen LogP) is 1.14. The number of aromatic nitrogens is 2. The number of primary amides is 1. The fourth-order valence-corrected chi connectivity index (χ4v) is 2.41. The molecular weight excluding hydrogens is 244 g/mol. The molecule has 0 aliphatic carbocycles. The van der Waals surface area contributed by atoms with E-state index in [1.54, 1.807) is 12.1 Å². The fourth-order valence-electron chi connectivity index (χ4n) is 2.41. The van der Waals surface area contributed by atoms with Crippen molar-refractivity contribution in [2.75, 3.05) is 12.3 Å². The number of ether oxygens (including phenoxy) is 1. The zero-order chi connectivity index (χ0) is 13.8. The van der Waals surface area contributed by atoms with Gasteiger partial charge in [0.1, 0.15) is 11.3 Å². The Morgan fingerprint density at radius 3 is 2.89 bits per heavy atom. The summed E-state index contributed by atoms with van der Waals surface area (Å²) in [6, 6.07) is 3.30. The molecule has 6 heteroatoms. The van der Waals surface area contributed by atoms with Gasteiger partial charge in [-0.3, -0.25) is 4.79 Å². The second kappa shape index (κ2) is 3.63. The van der Waals surface area contributed by atoms with Crippen molar-refractivity contribution in [1.82, 2.24) is 9.55 Å². The van der Waals surface area contributed by atoms with Crippen molar-refractivity contribution < 1.29 is 9.53 Å². The van der Waals surface area contributed by atoms with E-state index in [-0.39, 0.29) is 5.41 Å². The highest BCUT2D eigenvalue weighted by atomic mass is 16.5. The van der Waals surface area contributed by atoms with Crippen molar-refractivity contribution in [3.05, 3.63) is 17.7 Å². The van der Waals surface area contributed by atoms with Gasteiger partial charge in [0, 0.05) is 17.5 Å². The number of anilines is 1. The molecule has 6 nitrogen and oxygen atoms in total. The number of nitrogens with zero attached hydrogens (tertiary/aromatic N) is 2. The summed E-state index contributed by atoms with van der Waals surface area (Å²) >= 11 is 0. The zero-order valence-corrected chi connectivity index (χ0v) is 10.9. The number of nitrogen functional groups attached to an aromatic ring is 1. The Hall–Kier alpha value is -2.24. The highest BCUT2D eigenvalue weighted by Gasteiger charge is 2.28. The third-order valence-corrected chi connectivity index (χ3v) is 3.33. The van der Waals surface area contributed by atoms with Gasteiger partial charge in [0.15, 0.2) is 0 Å². The Morgan fingerprint density at radius 2 is 2.21 bits per heavy atom. The summed E-state index contributed by atoms with van der Waals surface area (Å²) in [6.45, 7) is 5.46. The van der Waals surface area contributed by atoms with Crippen LogP contribution in [0, 0.1) is 5.41 Å². The SMILES string of the molecule is CC1(C)COc2cc(C(N)=O)cc3nc(N)n(c23)C1. The van der Waals surface area contributed by atoms with Crippen molar-refractivity contribution in [3.8, 4) is 5.75 Å². The standard InChI is InChI=1S/C13H16N4O2/c1-13(2)5-17-10-8(16-12(17)15)3-7(11(14)18)4-9(10)19-6-13/h3-4H,5-6H2,1-2H3,(H2,14,18)(H2,15,16). The minimum absolute atomic E-state index is 0.0618. The maximum Gasteiger partial charge on any atom is 0.248 e. The molecule has 0 bridgehead atoms. The first kappa shape index (κ1) is 11.8. The maximum atomic E-state index is 11.3. The molecule has 1 aromatic heterocycles. The van der Waals surface area contributed by atoms with Gasteiger partial charge in [-0.25, -0.2) is 4.98 Å². The summed E-state index contributed by atoms with van der Waals surface area (Å²) in [4.78, 5) is 15.6. The molecule has 0 saturated heterocycles. The smallest absolute Gasteiger partial charge is 0.248 e. The Balaban J connectivity index is 2.31. The van der Waals surface area contributed by atoms with Gasteiger partial charge in [-0.15, -0.1) is 0 Å². The first-order valence-electron chi connectivity index (χ1n) is 6.10. The van der Waals surface area contributed by atoms with Crippen molar-refractivity contribution in [1.29, 1.82) is 0 Å². The van der Waals surface area contributed by atoms with E-state index in [1.807, 2.05) is 4.57 Å². The molecule has 0 radical (unpaired) electrons. The Bertz CT molecular complexity index is 687. The second-order valence-electron chi connectivity index (χ2n) is 5.72. The van der Waals surface area contributed by atoms with Crippen LogP contribution in [0.3, 0.4) is 0 Å². The molecule has 0 fully saturated rings. The van der Waals surface area contributed by atoms with Crippen molar-refractivity contribution in [2.24, 2.45) is 11.1 Å². The Morgan fingerprint density at radius 1 is 1.47 bits per heavy atom. The van der Waals surface area contributed by atoms with E-state index in [9.17, 15) is 4.79 Å². The van der Waals surface area contributed by atoms with Gasteiger partial charge in [-0.05, 0) is 12.1 Å². The maximum absolute atomic E-state index is 11.3. The van der Waals surface area contributed by atoms with Crippen LogP contribution in [0.4, 0.5) is 5.95 Å². The largest absolute Gasteiger partial charge is 0.491 e. The normalized spacial score (nSPS) is 16.9. The molecule has 4 N–H and O–H groups in total. The monoisotopic (exact) mass is 260 g/mol. The van der Waals surface area contributed by atoms with Gasteiger partial charge >= 0.3 is 0 Å². The molecule has 19 heavy (non-hydrogen) atoms. The van der Waals surface area contributed by atoms with Crippen LogP contribution < -0.4 is 16.2 Å². The van der Waals surface area contributed by atoms with E-state index >= 15 is 0 Å². The van der Waals surface area contributed by atoms with Crippen LogP contribution in [0.2, 0.25) is 0 Å². The molecule has 1 aliphatic heterocycles. The number of hydrogen-bond donors (Lipinski definition) is 2. The minimum atomic E-state index is -0.502. The molecule has 1 aromatic carbocycles. The molecular formula is C13H16N4O2. The molecule has 0 saturated carbocycles. The van der Waals surface area contributed by atoms with Crippen LogP contribution >= 0.6 is 0 Å². The molecule has 2 aromatic rings.